The minimum Gasteiger partial charge on any atom is -0.481 e. The quantitative estimate of drug-likeness (QED) is 0.682. The Morgan fingerprint density at radius 2 is 2.12 bits per heavy atom. The Hall–Kier alpha value is -1.33. The van der Waals surface area contributed by atoms with Crippen LogP contribution in [0.1, 0.15) is 44.6 Å². The van der Waals surface area contributed by atoms with Crippen LogP contribution in [0.25, 0.3) is 0 Å². The van der Waals surface area contributed by atoms with Crippen LogP contribution in [0, 0.1) is 18.8 Å². The van der Waals surface area contributed by atoms with E-state index < -0.39 is 5.97 Å². The van der Waals surface area contributed by atoms with Gasteiger partial charge in [-0.15, -0.1) is 0 Å². The second kappa shape index (κ2) is 9.39. The summed E-state index contributed by atoms with van der Waals surface area (Å²) in [6, 6.07) is 5.80. The smallest absolute Gasteiger partial charge is 0.306 e. The SMILES string of the molecule is CCCCC(C(=O)O)C1CCN(C(=S)Nc2ccc(C)c(Cl)c2)CC1. The molecule has 0 spiro atoms. The number of benzene rings is 1. The average molecular weight is 383 g/mol. The van der Waals surface area contributed by atoms with Crippen molar-refractivity contribution in [2.75, 3.05) is 18.4 Å². The normalized spacial score (nSPS) is 16.5. The molecular weight excluding hydrogens is 356 g/mol. The van der Waals surface area contributed by atoms with Crippen LogP contribution in [0.5, 0.6) is 0 Å². The number of piperidine rings is 1. The first-order chi connectivity index (χ1) is 11.9. The summed E-state index contributed by atoms with van der Waals surface area (Å²) in [4.78, 5) is 13.7. The molecule has 0 amide bonds. The highest BCUT2D eigenvalue weighted by atomic mass is 35.5. The molecule has 0 radical (unpaired) electrons. The summed E-state index contributed by atoms with van der Waals surface area (Å²) < 4.78 is 0. The number of nitrogens with one attached hydrogen (secondary N) is 1. The summed E-state index contributed by atoms with van der Waals surface area (Å²) in [7, 11) is 0. The van der Waals surface area contributed by atoms with E-state index in [4.69, 9.17) is 23.8 Å². The van der Waals surface area contributed by atoms with Gasteiger partial charge in [-0.2, -0.15) is 0 Å². The molecular formula is C19H27ClN2O2S. The molecule has 1 aromatic rings. The fraction of sp³-hybridized carbons (Fsp3) is 0.579. The van der Waals surface area contributed by atoms with Gasteiger partial charge in [0.2, 0.25) is 0 Å². The van der Waals surface area contributed by atoms with E-state index in [1.807, 2.05) is 25.1 Å². The van der Waals surface area contributed by atoms with Crippen molar-refractivity contribution >= 4 is 40.6 Å². The Balaban J connectivity index is 1.88. The number of halogens is 1. The fourth-order valence-electron chi connectivity index (χ4n) is 3.36. The number of carboxylic acid groups (broad SMARTS) is 1. The third-order valence-electron chi connectivity index (χ3n) is 5.00. The van der Waals surface area contributed by atoms with Gasteiger partial charge in [0.05, 0.1) is 5.92 Å². The van der Waals surface area contributed by atoms with E-state index in [-0.39, 0.29) is 11.8 Å². The molecule has 1 aliphatic heterocycles. The van der Waals surface area contributed by atoms with Crippen molar-refractivity contribution in [3.8, 4) is 0 Å². The zero-order valence-corrected chi connectivity index (χ0v) is 16.5. The molecule has 0 aromatic heterocycles. The Labute approximate surface area is 160 Å². The van der Waals surface area contributed by atoms with Crippen molar-refractivity contribution in [1.29, 1.82) is 0 Å². The molecule has 6 heteroatoms. The van der Waals surface area contributed by atoms with Crippen LogP contribution in [0.2, 0.25) is 5.02 Å². The molecule has 1 fully saturated rings. The largest absolute Gasteiger partial charge is 0.481 e. The number of unbranched alkanes of at least 4 members (excludes halogenated alkanes) is 1. The number of carboxylic acids is 1. The number of likely N-dealkylation sites (tertiary alicyclic amines) is 1. The predicted octanol–water partition coefficient (Wildman–Crippen LogP) is 4.95. The van der Waals surface area contributed by atoms with E-state index in [0.29, 0.717) is 10.1 Å². The monoisotopic (exact) mass is 382 g/mol. The van der Waals surface area contributed by atoms with Gasteiger partial charge in [-0.05, 0) is 62.0 Å². The van der Waals surface area contributed by atoms with Gasteiger partial charge in [0, 0.05) is 23.8 Å². The maximum atomic E-state index is 11.6. The number of thiocarbonyl (C=S) groups is 1. The molecule has 0 aliphatic carbocycles. The maximum absolute atomic E-state index is 11.6. The fourth-order valence-corrected chi connectivity index (χ4v) is 3.84. The van der Waals surface area contributed by atoms with Gasteiger partial charge < -0.3 is 15.3 Å². The highest BCUT2D eigenvalue weighted by Gasteiger charge is 2.31. The van der Waals surface area contributed by atoms with Gasteiger partial charge in [0.15, 0.2) is 5.11 Å². The highest BCUT2D eigenvalue weighted by molar-refractivity contribution is 7.80. The van der Waals surface area contributed by atoms with Crippen molar-refractivity contribution in [2.24, 2.45) is 11.8 Å². The summed E-state index contributed by atoms with van der Waals surface area (Å²) in [5.74, 6) is -0.627. The second-order valence-electron chi connectivity index (χ2n) is 6.81. The van der Waals surface area contributed by atoms with Gasteiger partial charge in [-0.25, -0.2) is 0 Å². The number of aliphatic carboxylic acids is 1. The van der Waals surface area contributed by atoms with E-state index in [1.54, 1.807) is 0 Å². The lowest BCUT2D eigenvalue weighted by atomic mass is 9.81. The number of aryl methyl sites for hydroxylation is 1. The minimum atomic E-state index is -0.651. The third kappa shape index (κ3) is 5.58. The molecule has 25 heavy (non-hydrogen) atoms. The lowest BCUT2D eigenvalue weighted by Crippen LogP contribution is -2.43. The first kappa shape index (κ1) is 20.0. The molecule has 0 bridgehead atoms. The van der Waals surface area contributed by atoms with Crippen LogP contribution in [0.15, 0.2) is 18.2 Å². The number of hydrogen-bond acceptors (Lipinski definition) is 2. The topological polar surface area (TPSA) is 52.6 Å². The summed E-state index contributed by atoms with van der Waals surface area (Å²) in [5, 5.41) is 14.1. The van der Waals surface area contributed by atoms with E-state index in [1.165, 1.54) is 0 Å². The highest BCUT2D eigenvalue weighted by Crippen LogP contribution is 2.29. The van der Waals surface area contributed by atoms with Crippen molar-refractivity contribution in [2.45, 2.75) is 46.0 Å². The number of anilines is 1. The first-order valence-electron chi connectivity index (χ1n) is 8.97. The molecule has 1 aromatic carbocycles. The van der Waals surface area contributed by atoms with Crippen LogP contribution in [0.3, 0.4) is 0 Å². The van der Waals surface area contributed by atoms with Crippen molar-refractivity contribution in [1.82, 2.24) is 4.90 Å². The Kier molecular flexibility index (Phi) is 7.51. The molecule has 1 heterocycles. The van der Waals surface area contributed by atoms with Crippen molar-refractivity contribution in [3.63, 3.8) is 0 Å². The molecule has 138 valence electrons. The summed E-state index contributed by atoms with van der Waals surface area (Å²) in [6.07, 6.45) is 4.54. The van der Waals surface area contributed by atoms with Gasteiger partial charge >= 0.3 is 5.97 Å². The molecule has 1 aliphatic rings. The van der Waals surface area contributed by atoms with Crippen LogP contribution in [0.4, 0.5) is 5.69 Å². The summed E-state index contributed by atoms with van der Waals surface area (Å²) in [6.45, 7) is 5.66. The van der Waals surface area contributed by atoms with Gasteiger partial charge in [-0.3, -0.25) is 4.79 Å². The molecule has 1 unspecified atom stereocenters. The lowest BCUT2D eigenvalue weighted by molar-refractivity contribution is -0.144. The standard InChI is InChI=1S/C19H27ClN2O2S/c1-3-4-5-16(18(23)24)14-8-10-22(11-9-14)19(25)21-15-7-6-13(2)17(20)12-15/h6-7,12,14,16H,3-5,8-11H2,1-2H3,(H,21,25)(H,23,24). The zero-order chi connectivity index (χ0) is 18.4. The predicted molar refractivity (Wildman–Crippen MR) is 107 cm³/mol. The van der Waals surface area contributed by atoms with Gasteiger partial charge in [0.25, 0.3) is 0 Å². The molecule has 4 nitrogen and oxygen atoms in total. The molecule has 1 atom stereocenters. The van der Waals surface area contributed by atoms with Gasteiger partial charge in [-0.1, -0.05) is 37.4 Å². The van der Waals surface area contributed by atoms with Crippen LogP contribution in [-0.2, 0) is 4.79 Å². The lowest BCUT2D eigenvalue weighted by Gasteiger charge is -2.36. The summed E-state index contributed by atoms with van der Waals surface area (Å²) in [5.41, 5.74) is 1.92. The van der Waals surface area contributed by atoms with E-state index in [0.717, 1.165) is 56.4 Å². The zero-order valence-electron chi connectivity index (χ0n) is 14.9. The van der Waals surface area contributed by atoms with Crippen molar-refractivity contribution in [3.05, 3.63) is 28.8 Å². The molecule has 2 N–H and O–H groups in total. The maximum Gasteiger partial charge on any atom is 0.306 e. The van der Waals surface area contributed by atoms with E-state index in [9.17, 15) is 9.90 Å². The molecule has 2 rings (SSSR count). The van der Waals surface area contributed by atoms with Gasteiger partial charge in [0.1, 0.15) is 0 Å². The Bertz CT molecular complexity index is 615. The number of nitrogens with zero attached hydrogens (tertiary/aromatic N) is 1. The van der Waals surface area contributed by atoms with E-state index in [2.05, 4.69) is 17.1 Å². The third-order valence-corrected chi connectivity index (χ3v) is 5.77. The number of hydrogen-bond donors (Lipinski definition) is 2. The molecule has 0 saturated carbocycles. The van der Waals surface area contributed by atoms with Crippen LogP contribution in [-0.4, -0.2) is 34.2 Å². The Morgan fingerprint density at radius 3 is 2.68 bits per heavy atom. The Morgan fingerprint density at radius 1 is 1.44 bits per heavy atom. The summed E-state index contributed by atoms with van der Waals surface area (Å²) >= 11 is 11.7. The van der Waals surface area contributed by atoms with Crippen LogP contribution < -0.4 is 5.32 Å². The van der Waals surface area contributed by atoms with Crippen LogP contribution >= 0.6 is 23.8 Å². The number of carbonyl (C=O) groups is 1. The average Bonchev–Trinajstić information content (AvgIpc) is 2.59. The molecule has 1 saturated heterocycles. The minimum absolute atomic E-state index is 0.223. The first-order valence-corrected chi connectivity index (χ1v) is 9.76. The van der Waals surface area contributed by atoms with Crippen molar-refractivity contribution < 1.29 is 9.90 Å². The second-order valence-corrected chi connectivity index (χ2v) is 7.60. The number of rotatable bonds is 6. The van der Waals surface area contributed by atoms with E-state index >= 15 is 0 Å².